The minimum atomic E-state index is 0.384. The predicted molar refractivity (Wildman–Crippen MR) is 68.9 cm³/mol. The van der Waals surface area contributed by atoms with Crippen molar-refractivity contribution in [2.24, 2.45) is 0 Å². The van der Waals surface area contributed by atoms with Crippen LogP contribution in [0.5, 0.6) is 0 Å². The molecule has 1 aliphatic rings. The van der Waals surface area contributed by atoms with Gasteiger partial charge in [-0.1, -0.05) is 0 Å². The summed E-state index contributed by atoms with van der Waals surface area (Å²) in [6.07, 6.45) is 0. The highest BCUT2D eigenvalue weighted by molar-refractivity contribution is 7.99. The molecule has 2 rings (SSSR count). The highest BCUT2D eigenvalue weighted by Gasteiger charge is 2.09. The molecule has 4 nitrogen and oxygen atoms in total. The smallest absolute Gasteiger partial charge is 0.203 e. The quantitative estimate of drug-likeness (QED) is 0.799. The number of rotatable bonds is 5. The van der Waals surface area contributed by atoms with Gasteiger partial charge in [0.1, 0.15) is 11.8 Å². The van der Waals surface area contributed by atoms with Crippen LogP contribution in [0.25, 0.3) is 0 Å². The Morgan fingerprint density at radius 2 is 2.24 bits per heavy atom. The first-order valence-corrected chi connectivity index (χ1v) is 7.03. The average molecular weight is 251 g/mol. The van der Waals surface area contributed by atoms with Crippen LogP contribution < -0.4 is 5.32 Å². The van der Waals surface area contributed by atoms with Crippen molar-refractivity contribution in [3.8, 4) is 6.07 Å². The number of nitriles is 1. The van der Waals surface area contributed by atoms with Gasteiger partial charge in [0.25, 0.3) is 0 Å². The van der Waals surface area contributed by atoms with Crippen LogP contribution in [0.4, 0.5) is 0 Å². The van der Waals surface area contributed by atoms with Crippen LogP contribution in [0.3, 0.4) is 0 Å². The molecule has 2 heterocycles. The number of thioether (sulfide) groups is 1. The molecule has 0 aromatic carbocycles. The number of hydrogen-bond acceptors (Lipinski definition) is 5. The Morgan fingerprint density at radius 3 is 2.94 bits per heavy atom. The first kappa shape index (κ1) is 12.5. The largest absolute Gasteiger partial charge is 0.449 e. The van der Waals surface area contributed by atoms with E-state index in [0.717, 1.165) is 18.8 Å². The molecular formula is C12H17N3OS. The topological polar surface area (TPSA) is 52.2 Å². The van der Waals surface area contributed by atoms with E-state index in [-0.39, 0.29) is 0 Å². The molecule has 17 heavy (non-hydrogen) atoms. The minimum Gasteiger partial charge on any atom is -0.449 e. The monoisotopic (exact) mass is 251 g/mol. The predicted octanol–water partition coefficient (Wildman–Crippen LogP) is 1.29. The zero-order valence-electron chi connectivity index (χ0n) is 9.82. The van der Waals surface area contributed by atoms with Crippen molar-refractivity contribution in [1.29, 1.82) is 5.26 Å². The summed E-state index contributed by atoms with van der Waals surface area (Å²) in [5.74, 6) is 3.72. The number of nitrogens with zero attached hydrogens (tertiary/aromatic N) is 2. The lowest BCUT2D eigenvalue weighted by Crippen LogP contribution is -2.37. The van der Waals surface area contributed by atoms with Gasteiger partial charge in [0.05, 0.1) is 6.54 Å². The van der Waals surface area contributed by atoms with Crippen molar-refractivity contribution in [3.05, 3.63) is 23.7 Å². The second-order valence-corrected chi connectivity index (χ2v) is 5.23. The van der Waals surface area contributed by atoms with Crippen molar-refractivity contribution in [3.63, 3.8) is 0 Å². The molecule has 0 amide bonds. The zero-order valence-corrected chi connectivity index (χ0v) is 10.6. The minimum absolute atomic E-state index is 0.384. The zero-order chi connectivity index (χ0) is 11.9. The molecule has 1 aromatic heterocycles. The van der Waals surface area contributed by atoms with E-state index >= 15 is 0 Å². The highest BCUT2D eigenvalue weighted by atomic mass is 32.2. The maximum Gasteiger partial charge on any atom is 0.203 e. The van der Waals surface area contributed by atoms with E-state index in [1.807, 2.05) is 23.9 Å². The van der Waals surface area contributed by atoms with Gasteiger partial charge in [-0.15, -0.1) is 0 Å². The van der Waals surface area contributed by atoms with Crippen molar-refractivity contribution in [2.45, 2.75) is 6.54 Å². The molecule has 0 aliphatic carbocycles. The van der Waals surface area contributed by atoms with Gasteiger partial charge >= 0.3 is 0 Å². The molecule has 92 valence electrons. The Morgan fingerprint density at radius 1 is 1.41 bits per heavy atom. The molecule has 0 spiro atoms. The fourth-order valence-corrected chi connectivity index (χ4v) is 2.79. The number of furan rings is 1. The van der Waals surface area contributed by atoms with Crippen LogP contribution in [-0.4, -0.2) is 42.6 Å². The maximum atomic E-state index is 8.62. The van der Waals surface area contributed by atoms with E-state index in [0.29, 0.717) is 12.3 Å². The fraction of sp³-hybridized carbons (Fsp3) is 0.583. The van der Waals surface area contributed by atoms with E-state index in [9.17, 15) is 0 Å². The molecule has 0 saturated carbocycles. The molecule has 1 saturated heterocycles. The van der Waals surface area contributed by atoms with Gasteiger partial charge in [0.2, 0.25) is 5.76 Å². The van der Waals surface area contributed by atoms with Crippen LogP contribution in [0.15, 0.2) is 16.5 Å². The summed E-state index contributed by atoms with van der Waals surface area (Å²) in [4.78, 5) is 2.48. The van der Waals surface area contributed by atoms with Crippen molar-refractivity contribution in [2.75, 3.05) is 37.7 Å². The van der Waals surface area contributed by atoms with Gasteiger partial charge in [-0.05, 0) is 12.1 Å². The summed E-state index contributed by atoms with van der Waals surface area (Å²) in [5, 5.41) is 12.0. The van der Waals surface area contributed by atoms with Gasteiger partial charge in [0.15, 0.2) is 0 Å². The fourth-order valence-electron chi connectivity index (χ4n) is 1.81. The van der Waals surface area contributed by atoms with Crippen LogP contribution in [0.2, 0.25) is 0 Å². The summed E-state index contributed by atoms with van der Waals surface area (Å²) < 4.78 is 5.28. The van der Waals surface area contributed by atoms with E-state index in [1.54, 1.807) is 6.07 Å². The van der Waals surface area contributed by atoms with E-state index < -0.39 is 0 Å². The van der Waals surface area contributed by atoms with Crippen molar-refractivity contribution in [1.82, 2.24) is 10.2 Å². The third-order valence-corrected chi connectivity index (χ3v) is 3.72. The Labute approximate surface area is 106 Å². The average Bonchev–Trinajstić information content (AvgIpc) is 2.84. The number of nitrogens with one attached hydrogen (secondary N) is 1. The first-order valence-electron chi connectivity index (χ1n) is 5.88. The molecule has 1 N–H and O–H groups in total. The molecule has 1 aromatic rings. The Bertz CT molecular complexity index is 379. The molecule has 1 fully saturated rings. The SMILES string of the molecule is N#Cc1ccc(CNCCN2CCSCC2)o1. The molecule has 0 bridgehead atoms. The Hall–Kier alpha value is -0.960. The van der Waals surface area contributed by atoms with Gasteiger partial charge in [-0.25, -0.2) is 0 Å². The Balaban J connectivity index is 1.61. The molecule has 0 radical (unpaired) electrons. The number of hydrogen-bond donors (Lipinski definition) is 1. The van der Waals surface area contributed by atoms with Gasteiger partial charge in [-0.3, -0.25) is 0 Å². The second-order valence-electron chi connectivity index (χ2n) is 4.01. The molecule has 0 unspecified atom stereocenters. The van der Waals surface area contributed by atoms with Gasteiger partial charge in [0, 0.05) is 37.7 Å². The molecular weight excluding hydrogens is 234 g/mol. The van der Waals surface area contributed by atoms with Crippen molar-refractivity contribution < 1.29 is 4.42 Å². The van der Waals surface area contributed by atoms with Crippen molar-refractivity contribution >= 4 is 11.8 Å². The Kier molecular flexibility index (Phi) is 4.92. The molecule has 0 atom stereocenters. The summed E-state index contributed by atoms with van der Waals surface area (Å²) >= 11 is 2.03. The lowest BCUT2D eigenvalue weighted by atomic mass is 10.4. The lowest BCUT2D eigenvalue weighted by molar-refractivity contribution is 0.299. The van der Waals surface area contributed by atoms with Crippen LogP contribution in [-0.2, 0) is 6.54 Å². The van der Waals surface area contributed by atoms with E-state index in [4.69, 9.17) is 9.68 Å². The normalized spacial score (nSPS) is 16.9. The summed E-state index contributed by atoms with van der Waals surface area (Å²) in [5.41, 5.74) is 0. The summed E-state index contributed by atoms with van der Waals surface area (Å²) in [6.45, 7) is 5.15. The first-order chi connectivity index (χ1) is 8.38. The standard InChI is InChI=1S/C12H17N3OS/c13-9-11-1-2-12(16-11)10-14-3-4-15-5-7-17-8-6-15/h1-2,14H,3-8,10H2. The third-order valence-electron chi connectivity index (χ3n) is 2.78. The van der Waals surface area contributed by atoms with Gasteiger partial charge in [-0.2, -0.15) is 17.0 Å². The summed E-state index contributed by atoms with van der Waals surface area (Å²) in [7, 11) is 0. The van der Waals surface area contributed by atoms with E-state index in [1.165, 1.54) is 24.6 Å². The highest BCUT2D eigenvalue weighted by Crippen LogP contribution is 2.08. The van der Waals surface area contributed by atoms with E-state index in [2.05, 4.69) is 10.2 Å². The lowest BCUT2D eigenvalue weighted by Gasteiger charge is -2.25. The third kappa shape index (κ3) is 4.08. The van der Waals surface area contributed by atoms with Crippen LogP contribution in [0.1, 0.15) is 11.5 Å². The van der Waals surface area contributed by atoms with Crippen LogP contribution >= 0.6 is 11.8 Å². The molecule has 1 aliphatic heterocycles. The molecule has 5 heteroatoms. The van der Waals surface area contributed by atoms with Crippen LogP contribution in [0, 0.1) is 11.3 Å². The van der Waals surface area contributed by atoms with Gasteiger partial charge < -0.3 is 14.6 Å². The second kappa shape index (κ2) is 6.70. The maximum absolute atomic E-state index is 8.62. The summed E-state index contributed by atoms with van der Waals surface area (Å²) in [6, 6.07) is 5.54.